The topological polar surface area (TPSA) is 62.6 Å². The highest BCUT2D eigenvalue weighted by atomic mass is 32.2. The van der Waals surface area contributed by atoms with E-state index in [0.29, 0.717) is 18.8 Å². The van der Waals surface area contributed by atoms with Crippen molar-refractivity contribution in [3.63, 3.8) is 0 Å². The third kappa shape index (κ3) is 4.28. The van der Waals surface area contributed by atoms with E-state index >= 15 is 0 Å². The summed E-state index contributed by atoms with van der Waals surface area (Å²) in [5.74, 6) is 0.00249. The molecule has 154 valence electrons. The van der Waals surface area contributed by atoms with Gasteiger partial charge in [0.1, 0.15) is 11.0 Å². The van der Waals surface area contributed by atoms with Gasteiger partial charge in [-0.3, -0.25) is 9.59 Å². The summed E-state index contributed by atoms with van der Waals surface area (Å²) >= 11 is 1.47. The lowest BCUT2D eigenvalue weighted by Gasteiger charge is -2.35. The lowest BCUT2D eigenvalue weighted by molar-refractivity contribution is -0.128. The predicted molar refractivity (Wildman–Crippen MR) is 118 cm³/mol. The van der Waals surface area contributed by atoms with E-state index in [0.717, 1.165) is 16.1 Å². The maximum absolute atomic E-state index is 13.4. The van der Waals surface area contributed by atoms with Crippen molar-refractivity contribution in [1.29, 1.82) is 0 Å². The number of carbonyl (C=O) groups excluding carboxylic acids is 2. The summed E-state index contributed by atoms with van der Waals surface area (Å²) in [4.78, 5) is 29.0. The molecule has 3 aromatic rings. The number of anilines is 1. The lowest BCUT2D eigenvalue weighted by atomic mass is 10.0. The molecule has 1 N–H and O–H groups in total. The van der Waals surface area contributed by atoms with Crippen molar-refractivity contribution >= 4 is 29.3 Å². The highest BCUT2D eigenvalue weighted by Crippen LogP contribution is 2.42. The minimum atomic E-state index is -0.484. The first-order valence-corrected chi connectivity index (χ1v) is 10.8. The van der Waals surface area contributed by atoms with Crippen LogP contribution in [0.5, 0.6) is 0 Å². The second-order valence-electron chi connectivity index (χ2n) is 7.50. The molecule has 2 atom stereocenters. The molecule has 2 heterocycles. The van der Waals surface area contributed by atoms with Crippen molar-refractivity contribution in [3.05, 3.63) is 83.8 Å². The van der Waals surface area contributed by atoms with Crippen LogP contribution >= 0.6 is 11.8 Å². The van der Waals surface area contributed by atoms with E-state index < -0.39 is 11.2 Å². The van der Waals surface area contributed by atoms with E-state index in [4.69, 9.17) is 4.42 Å². The van der Waals surface area contributed by atoms with Gasteiger partial charge in [0.2, 0.25) is 11.8 Å². The zero-order chi connectivity index (χ0) is 21.1. The smallest absolute Gasteiger partial charge is 0.241 e. The minimum absolute atomic E-state index is 0.0417. The molecule has 0 saturated heterocycles. The van der Waals surface area contributed by atoms with Crippen molar-refractivity contribution in [2.45, 2.75) is 37.1 Å². The highest BCUT2D eigenvalue weighted by Gasteiger charge is 2.39. The quantitative estimate of drug-likeness (QED) is 0.636. The molecular weight excluding hydrogens is 396 g/mol. The number of nitrogens with one attached hydrogen (secondary N) is 1. The van der Waals surface area contributed by atoms with Crippen LogP contribution in [0.2, 0.25) is 0 Å². The van der Waals surface area contributed by atoms with Crippen LogP contribution < -0.4 is 10.2 Å². The van der Waals surface area contributed by atoms with Crippen LogP contribution in [-0.2, 0) is 22.7 Å². The monoisotopic (exact) mass is 420 g/mol. The van der Waals surface area contributed by atoms with Crippen molar-refractivity contribution in [3.8, 4) is 0 Å². The number of furan rings is 1. The Kier molecular flexibility index (Phi) is 5.95. The minimum Gasteiger partial charge on any atom is -0.467 e. The number of aryl methyl sites for hydroxylation is 1. The van der Waals surface area contributed by atoms with Crippen LogP contribution in [0.1, 0.15) is 23.8 Å². The summed E-state index contributed by atoms with van der Waals surface area (Å²) in [6.07, 6.45) is 1.57. The molecule has 2 amide bonds. The fraction of sp³-hybridized carbons (Fsp3) is 0.250. The summed E-state index contributed by atoms with van der Waals surface area (Å²) in [6, 6.07) is 19.7. The molecule has 2 aromatic carbocycles. The Bertz CT molecular complexity index is 1030. The van der Waals surface area contributed by atoms with Crippen molar-refractivity contribution < 1.29 is 14.0 Å². The van der Waals surface area contributed by atoms with Gasteiger partial charge in [0.05, 0.1) is 31.0 Å². The second-order valence-corrected chi connectivity index (χ2v) is 8.69. The number of hydrogen-bond donors (Lipinski definition) is 1. The number of carbonyl (C=O) groups is 2. The van der Waals surface area contributed by atoms with Gasteiger partial charge in [-0.25, -0.2) is 0 Å². The first-order valence-electron chi connectivity index (χ1n) is 9.95. The highest BCUT2D eigenvalue weighted by molar-refractivity contribution is 8.01. The average molecular weight is 421 g/mol. The molecule has 5 nitrogen and oxygen atoms in total. The van der Waals surface area contributed by atoms with Crippen LogP contribution in [0, 0.1) is 12.8 Å². The second kappa shape index (κ2) is 8.79. The molecule has 1 aromatic heterocycles. The molecule has 2 unspecified atom stereocenters. The van der Waals surface area contributed by atoms with E-state index in [1.54, 1.807) is 17.2 Å². The van der Waals surface area contributed by atoms with Crippen LogP contribution in [0.25, 0.3) is 0 Å². The number of fused-ring (bicyclic) bond motifs is 1. The predicted octanol–water partition coefficient (Wildman–Crippen LogP) is 4.55. The largest absolute Gasteiger partial charge is 0.467 e. The van der Waals surface area contributed by atoms with Crippen LogP contribution in [-0.4, -0.2) is 17.1 Å². The SMILES string of the molecule is Cc1ccc(CN2C(=O)C(C(C)C(=O)NCc3ccco3)Sc3ccccc32)cc1. The average Bonchev–Trinajstić information content (AvgIpc) is 3.28. The molecule has 0 spiro atoms. The van der Waals surface area contributed by atoms with Crippen molar-refractivity contribution in [2.75, 3.05) is 4.90 Å². The number of benzene rings is 2. The summed E-state index contributed by atoms with van der Waals surface area (Å²) in [6.45, 7) is 4.64. The lowest BCUT2D eigenvalue weighted by Crippen LogP contribution is -2.47. The van der Waals surface area contributed by atoms with Gasteiger partial charge in [-0.1, -0.05) is 48.9 Å². The van der Waals surface area contributed by atoms with Crippen LogP contribution in [0.3, 0.4) is 0 Å². The normalized spacial score (nSPS) is 16.8. The van der Waals surface area contributed by atoms with Crippen molar-refractivity contribution in [1.82, 2.24) is 5.32 Å². The summed E-state index contributed by atoms with van der Waals surface area (Å²) in [5, 5.41) is 2.40. The number of hydrogen-bond acceptors (Lipinski definition) is 4. The number of thioether (sulfide) groups is 1. The van der Waals surface area contributed by atoms with Gasteiger partial charge in [0.25, 0.3) is 0 Å². The fourth-order valence-corrected chi connectivity index (χ4v) is 4.77. The summed E-state index contributed by atoms with van der Waals surface area (Å²) in [7, 11) is 0. The molecular formula is C24H24N2O3S. The van der Waals surface area contributed by atoms with E-state index in [-0.39, 0.29) is 11.8 Å². The zero-order valence-electron chi connectivity index (χ0n) is 17.0. The molecule has 1 aliphatic heterocycles. The molecule has 1 aliphatic rings. The Morgan fingerprint density at radius 1 is 1.13 bits per heavy atom. The van der Waals surface area contributed by atoms with Crippen molar-refractivity contribution in [2.24, 2.45) is 5.92 Å². The number of para-hydroxylation sites is 1. The molecule has 30 heavy (non-hydrogen) atoms. The van der Waals surface area contributed by atoms with Gasteiger partial charge in [-0.2, -0.15) is 0 Å². The third-order valence-corrected chi connectivity index (χ3v) is 6.73. The number of amides is 2. The first kappa shape index (κ1) is 20.3. The molecule has 4 rings (SSSR count). The molecule has 0 fully saturated rings. The molecule has 6 heteroatoms. The van der Waals surface area contributed by atoms with Gasteiger partial charge in [0, 0.05) is 4.90 Å². The van der Waals surface area contributed by atoms with Crippen LogP contribution in [0.4, 0.5) is 5.69 Å². The van der Waals surface area contributed by atoms with E-state index in [2.05, 4.69) is 5.32 Å². The Morgan fingerprint density at radius 2 is 1.90 bits per heavy atom. The first-order chi connectivity index (χ1) is 14.5. The van der Waals surface area contributed by atoms with Gasteiger partial charge in [-0.05, 0) is 36.8 Å². The number of rotatable bonds is 6. The number of nitrogens with zero attached hydrogens (tertiary/aromatic N) is 1. The van der Waals surface area contributed by atoms with Gasteiger partial charge in [-0.15, -0.1) is 11.8 Å². The maximum atomic E-state index is 13.4. The van der Waals surface area contributed by atoms with Gasteiger partial charge < -0.3 is 14.6 Å². The van der Waals surface area contributed by atoms with E-state index in [9.17, 15) is 9.59 Å². The maximum Gasteiger partial charge on any atom is 0.241 e. The molecule has 0 saturated carbocycles. The summed E-state index contributed by atoms with van der Waals surface area (Å²) < 4.78 is 5.27. The Hall–Kier alpha value is -2.99. The van der Waals surface area contributed by atoms with Crippen LogP contribution in [0.15, 0.2) is 76.2 Å². The summed E-state index contributed by atoms with van der Waals surface area (Å²) in [5.41, 5.74) is 3.14. The third-order valence-electron chi connectivity index (χ3n) is 5.27. The Morgan fingerprint density at radius 3 is 2.63 bits per heavy atom. The Labute approximate surface area is 180 Å². The zero-order valence-corrected chi connectivity index (χ0v) is 17.8. The fourth-order valence-electron chi connectivity index (χ4n) is 3.48. The Balaban J connectivity index is 1.54. The van der Waals surface area contributed by atoms with E-state index in [1.165, 1.54) is 17.3 Å². The molecule has 0 radical (unpaired) electrons. The standard InChI is InChI=1S/C24H24N2O3S/c1-16-9-11-18(12-10-16)15-26-20-7-3-4-8-21(20)30-22(24(26)28)17(2)23(27)25-14-19-6-5-13-29-19/h3-13,17,22H,14-15H2,1-2H3,(H,25,27). The molecule has 0 aliphatic carbocycles. The van der Waals surface area contributed by atoms with Gasteiger partial charge >= 0.3 is 0 Å². The molecule has 0 bridgehead atoms. The van der Waals surface area contributed by atoms with E-state index in [1.807, 2.05) is 68.4 Å². The van der Waals surface area contributed by atoms with Gasteiger partial charge in [0.15, 0.2) is 0 Å².